The summed E-state index contributed by atoms with van der Waals surface area (Å²) in [6, 6.07) is 9.74. The molecule has 0 saturated carbocycles. The number of amides is 2. The van der Waals surface area contributed by atoms with Crippen molar-refractivity contribution in [1.29, 1.82) is 0 Å². The zero-order valence-corrected chi connectivity index (χ0v) is 18.4. The number of benzene rings is 2. The second-order valence-corrected chi connectivity index (χ2v) is 6.79. The van der Waals surface area contributed by atoms with Gasteiger partial charge in [0.25, 0.3) is 5.91 Å². The van der Waals surface area contributed by atoms with Crippen LogP contribution in [-0.4, -0.2) is 56.4 Å². The van der Waals surface area contributed by atoms with Gasteiger partial charge >= 0.3 is 11.8 Å². The molecule has 1 heterocycles. The van der Waals surface area contributed by atoms with E-state index in [-0.39, 0.29) is 30.7 Å². The summed E-state index contributed by atoms with van der Waals surface area (Å²) in [5.74, 6) is 0.477. The Hall–Kier alpha value is -3.79. The van der Waals surface area contributed by atoms with Gasteiger partial charge in [-0.15, -0.1) is 0 Å². The normalized spacial score (nSPS) is 10.4. The Bertz CT molecular complexity index is 1120. The molecule has 2 aromatic carbocycles. The van der Waals surface area contributed by atoms with E-state index in [2.05, 4.69) is 20.8 Å². The van der Waals surface area contributed by atoms with Crippen LogP contribution in [0.3, 0.4) is 0 Å². The van der Waals surface area contributed by atoms with Crippen molar-refractivity contribution in [2.45, 2.75) is 0 Å². The SMILES string of the molecule is COc1ccc(C(=O)NCCNC(=O)c2nc(-c3cc(Cl)ccc3OC)no2)cc1OC. The zero-order chi connectivity index (χ0) is 23.1. The Morgan fingerprint density at radius 3 is 2.25 bits per heavy atom. The van der Waals surface area contributed by atoms with Gasteiger partial charge < -0.3 is 29.4 Å². The number of methoxy groups -OCH3 is 3. The Kier molecular flexibility index (Phi) is 7.50. The molecule has 2 N–H and O–H groups in total. The smallest absolute Gasteiger partial charge is 0.316 e. The number of carbonyl (C=O) groups excluding carboxylic acids is 2. The minimum atomic E-state index is -0.579. The van der Waals surface area contributed by atoms with Crippen LogP contribution in [0.4, 0.5) is 0 Å². The lowest BCUT2D eigenvalue weighted by atomic mass is 10.2. The van der Waals surface area contributed by atoms with E-state index >= 15 is 0 Å². The molecule has 3 rings (SSSR count). The molecule has 0 unspecified atom stereocenters. The second kappa shape index (κ2) is 10.5. The van der Waals surface area contributed by atoms with Crippen molar-refractivity contribution >= 4 is 23.4 Å². The van der Waals surface area contributed by atoms with Crippen LogP contribution in [-0.2, 0) is 0 Å². The van der Waals surface area contributed by atoms with Gasteiger partial charge in [0.15, 0.2) is 11.5 Å². The molecule has 0 radical (unpaired) electrons. The number of aromatic nitrogens is 2. The lowest BCUT2D eigenvalue weighted by Crippen LogP contribution is -2.34. The van der Waals surface area contributed by atoms with E-state index < -0.39 is 5.91 Å². The number of hydrogen-bond acceptors (Lipinski definition) is 8. The third-order valence-corrected chi connectivity index (χ3v) is 4.60. The minimum Gasteiger partial charge on any atom is -0.496 e. The molecule has 0 bridgehead atoms. The molecule has 0 aliphatic carbocycles. The third kappa shape index (κ3) is 5.27. The van der Waals surface area contributed by atoms with Crippen LogP contribution in [0.15, 0.2) is 40.9 Å². The van der Waals surface area contributed by atoms with Gasteiger partial charge in [-0.05, 0) is 36.4 Å². The molecule has 0 spiro atoms. The van der Waals surface area contributed by atoms with Crippen molar-refractivity contribution < 1.29 is 28.3 Å². The number of carbonyl (C=O) groups is 2. The second-order valence-electron chi connectivity index (χ2n) is 6.35. The van der Waals surface area contributed by atoms with Crippen LogP contribution in [0.5, 0.6) is 17.2 Å². The van der Waals surface area contributed by atoms with Crippen molar-refractivity contribution in [1.82, 2.24) is 20.8 Å². The molecule has 11 heteroatoms. The molecular formula is C21H21ClN4O6. The van der Waals surface area contributed by atoms with E-state index in [1.165, 1.54) is 21.3 Å². The molecule has 0 atom stereocenters. The summed E-state index contributed by atoms with van der Waals surface area (Å²) in [6.45, 7) is 0.331. The van der Waals surface area contributed by atoms with Gasteiger partial charge in [0.1, 0.15) is 5.75 Å². The van der Waals surface area contributed by atoms with E-state index in [9.17, 15) is 9.59 Å². The van der Waals surface area contributed by atoms with Crippen molar-refractivity contribution in [3.63, 3.8) is 0 Å². The number of nitrogens with one attached hydrogen (secondary N) is 2. The molecule has 1 aromatic heterocycles. The predicted octanol–water partition coefficient (Wildman–Crippen LogP) is 2.58. The van der Waals surface area contributed by atoms with Crippen molar-refractivity contribution in [3.05, 3.63) is 52.9 Å². The van der Waals surface area contributed by atoms with Gasteiger partial charge in [-0.25, -0.2) is 0 Å². The molecule has 0 aliphatic heterocycles. The average Bonchev–Trinajstić information content (AvgIpc) is 3.31. The van der Waals surface area contributed by atoms with Gasteiger partial charge in [-0.2, -0.15) is 4.98 Å². The lowest BCUT2D eigenvalue weighted by molar-refractivity contribution is 0.0898. The summed E-state index contributed by atoms with van der Waals surface area (Å²) in [7, 11) is 4.50. The highest BCUT2D eigenvalue weighted by atomic mass is 35.5. The van der Waals surface area contributed by atoms with Gasteiger partial charge in [-0.1, -0.05) is 16.8 Å². The highest BCUT2D eigenvalue weighted by molar-refractivity contribution is 6.30. The first-order chi connectivity index (χ1) is 15.5. The first-order valence-corrected chi connectivity index (χ1v) is 9.80. The summed E-state index contributed by atoms with van der Waals surface area (Å²) in [4.78, 5) is 28.6. The van der Waals surface area contributed by atoms with Crippen LogP contribution in [0.2, 0.25) is 5.02 Å². The number of rotatable bonds is 9. The number of halogens is 1. The summed E-state index contributed by atoms with van der Waals surface area (Å²) in [6.07, 6.45) is 0. The molecule has 0 fully saturated rings. The highest BCUT2D eigenvalue weighted by Gasteiger charge is 2.18. The van der Waals surface area contributed by atoms with E-state index in [1.54, 1.807) is 36.4 Å². The monoisotopic (exact) mass is 460 g/mol. The molecule has 3 aromatic rings. The van der Waals surface area contributed by atoms with E-state index in [4.69, 9.17) is 30.3 Å². The average molecular weight is 461 g/mol. The van der Waals surface area contributed by atoms with Gasteiger partial charge in [0.2, 0.25) is 5.82 Å². The Balaban J connectivity index is 1.54. The number of hydrogen-bond donors (Lipinski definition) is 2. The Labute approximate surface area is 188 Å². The lowest BCUT2D eigenvalue weighted by Gasteiger charge is -2.10. The fraction of sp³-hybridized carbons (Fsp3) is 0.238. The summed E-state index contributed by atoms with van der Waals surface area (Å²) in [5.41, 5.74) is 0.885. The van der Waals surface area contributed by atoms with Crippen molar-refractivity contribution in [3.8, 4) is 28.6 Å². The third-order valence-electron chi connectivity index (χ3n) is 4.36. The highest BCUT2D eigenvalue weighted by Crippen LogP contribution is 2.30. The molecule has 0 saturated heterocycles. The zero-order valence-electron chi connectivity index (χ0n) is 17.6. The number of ether oxygens (including phenoxy) is 3. The Morgan fingerprint density at radius 2 is 1.56 bits per heavy atom. The van der Waals surface area contributed by atoms with Crippen molar-refractivity contribution in [2.24, 2.45) is 0 Å². The van der Waals surface area contributed by atoms with Gasteiger partial charge in [-0.3, -0.25) is 9.59 Å². The fourth-order valence-electron chi connectivity index (χ4n) is 2.79. The van der Waals surface area contributed by atoms with Crippen LogP contribution in [0, 0.1) is 0 Å². The van der Waals surface area contributed by atoms with E-state index in [0.29, 0.717) is 33.4 Å². The summed E-state index contributed by atoms with van der Waals surface area (Å²) >= 11 is 6.01. The first-order valence-electron chi connectivity index (χ1n) is 9.43. The molecule has 168 valence electrons. The van der Waals surface area contributed by atoms with Gasteiger partial charge in [0.05, 0.1) is 26.9 Å². The van der Waals surface area contributed by atoms with Gasteiger partial charge in [0, 0.05) is 23.7 Å². The molecular weight excluding hydrogens is 440 g/mol. The predicted molar refractivity (Wildman–Crippen MR) is 116 cm³/mol. The van der Waals surface area contributed by atoms with Crippen LogP contribution >= 0.6 is 11.6 Å². The van der Waals surface area contributed by atoms with Crippen LogP contribution < -0.4 is 24.8 Å². The fourth-order valence-corrected chi connectivity index (χ4v) is 2.96. The van der Waals surface area contributed by atoms with Crippen LogP contribution in [0.1, 0.15) is 21.0 Å². The van der Waals surface area contributed by atoms with E-state index in [1.807, 2.05) is 0 Å². The maximum absolute atomic E-state index is 12.3. The molecule has 10 nitrogen and oxygen atoms in total. The van der Waals surface area contributed by atoms with Crippen LogP contribution in [0.25, 0.3) is 11.4 Å². The maximum Gasteiger partial charge on any atom is 0.316 e. The molecule has 0 aliphatic rings. The van der Waals surface area contributed by atoms with E-state index in [0.717, 1.165) is 0 Å². The largest absolute Gasteiger partial charge is 0.496 e. The molecule has 32 heavy (non-hydrogen) atoms. The minimum absolute atomic E-state index is 0.149. The Morgan fingerprint density at radius 1 is 0.906 bits per heavy atom. The van der Waals surface area contributed by atoms with Crippen molar-refractivity contribution in [2.75, 3.05) is 34.4 Å². The standard InChI is InChI=1S/C21H21ClN4O6/c1-29-15-7-5-13(22)11-14(15)18-25-21(32-26-18)20(28)24-9-8-23-19(27)12-4-6-16(30-2)17(10-12)31-3/h4-7,10-11H,8-9H2,1-3H3,(H,23,27)(H,24,28). The topological polar surface area (TPSA) is 125 Å². The quantitative estimate of drug-likeness (QED) is 0.467. The summed E-state index contributed by atoms with van der Waals surface area (Å²) < 4.78 is 20.6. The summed E-state index contributed by atoms with van der Waals surface area (Å²) in [5, 5.41) is 9.56. The maximum atomic E-state index is 12.3. The molecule has 2 amide bonds. The first kappa shape index (κ1) is 22.9. The number of nitrogens with zero attached hydrogens (tertiary/aromatic N) is 2.